The molecule has 5 heteroatoms. The van der Waals surface area contributed by atoms with Crippen molar-refractivity contribution in [2.24, 2.45) is 0 Å². The van der Waals surface area contributed by atoms with Gasteiger partial charge in [-0.25, -0.2) is 0 Å². The summed E-state index contributed by atoms with van der Waals surface area (Å²) in [6, 6.07) is -0.812. The van der Waals surface area contributed by atoms with Gasteiger partial charge in [-0.2, -0.15) is 0 Å². The average Bonchev–Trinajstić information content (AvgIpc) is 3.24. The Morgan fingerprint density at radius 1 is 0.407 bits per heavy atom. The van der Waals surface area contributed by atoms with Crippen LogP contribution in [0.4, 0.5) is 0 Å². The van der Waals surface area contributed by atoms with Gasteiger partial charge in [0.2, 0.25) is 5.91 Å². The number of carbonyl (C=O) groups excluding carboxylic acids is 1. The van der Waals surface area contributed by atoms with Gasteiger partial charge < -0.3 is 20.6 Å². The lowest BCUT2D eigenvalue weighted by molar-refractivity contribution is -0.131. The van der Waals surface area contributed by atoms with Gasteiger partial charge >= 0.3 is 0 Å². The van der Waals surface area contributed by atoms with Crippen molar-refractivity contribution in [1.29, 1.82) is 0 Å². The first-order valence-electron chi connectivity index (χ1n) is 26.7. The first-order chi connectivity index (χ1) is 29.1. The number of aliphatic hydroxyl groups excluding tert-OH is 3. The van der Waals surface area contributed by atoms with Crippen LogP contribution in [0.3, 0.4) is 0 Å². The second kappa shape index (κ2) is 49.5. The van der Waals surface area contributed by atoms with E-state index in [1.807, 2.05) is 6.08 Å². The summed E-state index contributed by atoms with van der Waals surface area (Å²) in [4.78, 5) is 12.5. The first-order valence-corrected chi connectivity index (χ1v) is 26.7. The zero-order valence-corrected chi connectivity index (χ0v) is 39.9. The lowest BCUT2D eigenvalue weighted by atomic mass is 10.0. The predicted octanol–water partition coefficient (Wildman–Crippen LogP) is 16.1. The number of rotatable bonds is 49. The Kier molecular flexibility index (Phi) is 48.5. The van der Waals surface area contributed by atoms with Crippen LogP contribution in [0.5, 0.6) is 0 Å². The molecule has 0 rings (SSSR count). The maximum Gasteiger partial charge on any atom is 0.249 e. The van der Waals surface area contributed by atoms with Gasteiger partial charge in [0.1, 0.15) is 6.10 Å². The highest BCUT2D eigenvalue weighted by atomic mass is 16.3. The van der Waals surface area contributed by atoms with Crippen LogP contribution in [-0.4, -0.2) is 46.1 Å². The predicted molar refractivity (Wildman–Crippen MR) is 259 cm³/mol. The Balaban J connectivity index is 3.58. The van der Waals surface area contributed by atoms with Crippen LogP contribution in [0.1, 0.15) is 290 Å². The zero-order chi connectivity index (χ0) is 43.0. The van der Waals surface area contributed by atoms with E-state index in [4.69, 9.17) is 0 Å². The van der Waals surface area contributed by atoms with Gasteiger partial charge in [-0.1, -0.05) is 282 Å². The van der Waals surface area contributed by atoms with Crippen molar-refractivity contribution in [2.75, 3.05) is 6.61 Å². The fourth-order valence-electron chi connectivity index (χ4n) is 8.38. The van der Waals surface area contributed by atoms with Crippen LogP contribution < -0.4 is 5.32 Å². The van der Waals surface area contributed by atoms with Crippen molar-refractivity contribution in [3.05, 3.63) is 24.3 Å². The molecule has 0 saturated carbocycles. The smallest absolute Gasteiger partial charge is 0.249 e. The van der Waals surface area contributed by atoms with E-state index in [1.54, 1.807) is 6.08 Å². The highest BCUT2D eigenvalue weighted by Gasteiger charge is 2.22. The number of nitrogens with one attached hydrogen (secondary N) is 1. The van der Waals surface area contributed by atoms with Gasteiger partial charge in [0.15, 0.2) is 0 Å². The van der Waals surface area contributed by atoms with Crippen LogP contribution in [-0.2, 0) is 4.79 Å². The standard InChI is InChI=1S/C54H105NO4/c1-3-5-7-9-11-13-15-17-19-21-23-24-25-26-27-28-29-31-33-35-37-39-41-43-45-47-49-53(58)54(59)55-51(50-56)52(57)48-46-44-42-40-38-36-34-32-30-22-20-18-16-14-12-10-8-6-4-2/h38,40,46,48,51-53,56-58H,3-37,39,41-45,47,49-50H2,1-2H3,(H,55,59)/b40-38+,48-46+. The maximum absolute atomic E-state index is 12.5. The minimum Gasteiger partial charge on any atom is -0.394 e. The summed E-state index contributed by atoms with van der Waals surface area (Å²) in [7, 11) is 0. The van der Waals surface area contributed by atoms with E-state index in [1.165, 1.54) is 231 Å². The van der Waals surface area contributed by atoms with E-state index in [9.17, 15) is 20.1 Å². The molecule has 0 aromatic carbocycles. The van der Waals surface area contributed by atoms with Crippen molar-refractivity contribution >= 4 is 5.91 Å². The third-order valence-electron chi connectivity index (χ3n) is 12.5. The Morgan fingerprint density at radius 2 is 0.695 bits per heavy atom. The average molecular weight is 832 g/mol. The molecule has 0 heterocycles. The molecule has 350 valence electrons. The molecule has 0 aromatic rings. The number of amides is 1. The molecule has 0 aliphatic carbocycles. The molecule has 0 saturated heterocycles. The normalized spacial score (nSPS) is 13.5. The SMILES string of the molecule is CCCCCCCCCCCCCCC/C=C/CC/C=C/C(O)C(CO)NC(=O)C(O)CCCCCCCCCCCCCCCCCCCCCCCCCCCC. The Hall–Kier alpha value is -1.17. The minimum absolute atomic E-state index is 0.372. The fourth-order valence-corrected chi connectivity index (χ4v) is 8.38. The summed E-state index contributed by atoms with van der Waals surface area (Å²) < 4.78 is 0. The number of aliphatic hydroxyl groups is 3. The van der Waals surface area contributed by atoms with Gasteiger partial charge in [0.25, 0.3) is 0 Å². The van der Waals surface area contributed by atoms with Crippen molar-refractivity contribution in [3.8, 4) is 0 Å². The van der Waals surface area contributed by atoms with E-state index in [-0.39, 0.29) is 6.61 Å². The third kappa shape index (κ3) is 44.7. The molecule has 0 aliphatic heterocycles. The highest BCUT2D eigenvalue weighted by Crippen LogP contribution is 2.17. The van der Waals surface area contributed by atoms with E-state index >= 15 is 0 Å². The molecule has 5 nitrogen and oxygen atoms in total. The molecule has 1 amide bonds. The van der Waals surface area contributed by atoms with Crippen LogP contribution in [0, 0.1) is 0 Å². The van der Waals surface area contributed by atoms with Crippen molar-refractivity contribution in [1.82, 2.24) is 5.32 Å². The molecule has 4 N–H and O–H groups in total. The van der Waals surface area contributed by atoms with Gasteiger partial charge in [0, 0.05) is 0 Å². The molecular formula is C54H105NO4. The molecule has 59 heavy (non-hydrogen) atoms. The third-order valence-corrected chi connectivity index (χ3v) is 12.5. The number of hydrogen-bond donors (Lipinski definition) is 4. The molecule has 3 atom stereocenters. The minimum atomic E-state index is -1.10. The Morgan fingerprint density at radius 3 is 1.03 bits per heavy atom. The monoisotopic (exact) mass is 832 g/mol. The van der Waals surface area contributed by atoms with E-state index in [0.717, 1.165) is 38.5 Å². The highest BCUT2D eigenvalue weighted by molar-refractivity contribution is 5.80. The van der Waals surface area contributed by atoms with Crippen LogP contribution in [0.25, 0.3) is 0 Å². The summed E-state index contributed by atoms with van der Waals surface area (Å²) in [6.45, 7) is 4.20. The summed E-state index contributed by atoms with van der Waals surface area (Å²) >= 11 is 0. The second-order valence-electron chi connectivity index (χ2n) is 18.4. The van der Waals surface area contributed by atoms with Crippen LogP contribution in [0.2, 0.25) is 0 Å². The molecule has 3 unspecified atom stereocenters. The molecule has 0 bridgehead atoms. The van der Waals surface area contributed by atoms with Crippen molar-refractivity contribution < 1.29 is 20.1 Å². The number of hydrogen-bond acceptors (Lipinski definition) is 4. The summed E-state index contributed by atoms with van der Waals surface area (Å²) in [5, 5.41) is 33.3. The number of allylic oxidation sites excluding steroid dienone is 3. The number of carbonyl (C=O) groups is 1. The maximum atomic E-state index is 12.5. The topological polar surface area (TPSA) is 89.8 Å². The lowest BCUT2D eigenvalue weighted by Crippen LogP contribution is -2.48. The van der Waals surface area contributed by atoms with Gasteiger partial charge in [0.05, 0.1) is 18.8 Å². The van der Waals surface area contributed by atoms with Crippen LogP contribution >= 0.6 is 0 Å². The molecule has 0 radical (unpaired) electrons. The van der Waals surface area contributed by atoms with E-state index in [0.29, 0.717) is 6.42 Å². The van der Waals surface area contributed by atoms with Crippen molar-refractivity contribution in [2.45, 2.75) is 308 Å². The molecule has 0 spiro atoms. The first kappa shape index (κ1) is 57.8. The van der Waals surface area contributed by atoms with Crippen molar-refractivity contribution in [3.63, 3.8) is 0 Å². The van der Waals surface area contributed by atoms with E-state index in [2.05, 4.69) is 31.3 Å². The second-order valence-corrected chi connectivity index (χ2v) is 18.4. The quantitative estimate of drug-likeness (QED) is 0.0363. The molecule has 0 fully saturated rings. The molecular weight excluding hydrogens is 727 g/mol. The number of unbranched alkanes of at least 4 members (excludes halogenated alkanes) is 39. The summed E-state index contributed by atoms with van der Waals surface area (Å²) in [5.41, 5.74) is 0. The van der Waals surface area contributed by atoms with Crippen LogP contribution in [0.15, 0.2) is 24.3 Å². The van der Waals surface area contributed by atoms with Gasteiger partial charge in [-0.15, -0.1) is 0 Å². The largest absolute Gasteiger partial charge is 0.394 e. The molecule has 0 aliphatic rings. The zero-order valence-electron chi connectivity index (χ0n) is 39.9. The Bertz CT molecular complexity index is 874. The summed E-state index contributed by atoms with van der Waals surface area (Å²) in [5.74, 6) is -0.507. The summed E-state index contributed by atoms with van der Waals surface area (Å²) in [6.07, 6.45) is 62.5. The Labute approximate surface area is 369 Å². The molecule has 0 aromatic heterocycles. The van der Waals surface area contributed by atoms with Gasteiger partial charge in [-0.3, -0.25) is 4.79 Å². The fraction of sp³-hybridized carbons (Fsp3) is 0.907. The van der Waals surface area contributed by atoms with Gasteiger partial charge in [-0.05, 0) is 32.1 Å². The lowest BCUT2D eigenvalue weighted by Gasteiger charge is -2.21. The van der Waals surface area contributed by atoms with E-state index < -0.39 is 24.2 Å².